The predicted molar refractivity (Wildman–Crippen MR) is 79.3 cm³/mol. The molecule has 0 spiro atoms. The number of H-pyrrole nitrogens is 1. The molecule has 1 heterocycles. The van der Waals surface area contributed by atoms with Crippen LogP contribution in [0, 0.1) is 6.92 Å². The van der Waals surface area contributed by atoms with Crippen molar-refractivity contribution in [2.24, 2.45) is 0 Å². The Labute approximate surface area is 121 Å². The number of benzene rings is 1. The Balaban J connectivity index is 2.23. The van der Waals surface area contributed by atoms with Crippen molar-refractivity contribution in [2.75, 3.05) is 15.8 Å². The molecule has 0 aliphatic heterocycles. The van der Waals surface area contributed by atoms with Gasteiger partial charge in [-0.05, 0) is 31.2 Å². The van der Waals surface area contributed by atoms with Gasteiger partial charge in [-0.15, -0.1) is 0 Å². The molecule has 1 amide bonds. The van der Waals surface area contributed by atoms with Crippen molar-refractivity contribution in [3.63, 3.8) is 0 Å². The van der Waals surface area contributed by atoms with E-state index in [0.717, 1.165) is 0 Å². The van der Waals surface area contributed by atoms with Crippen molar-refractivity contribution in [1.82, 2.24) is 10.2 Å². The van der Waals surface area contributed by atoms with Gasteiger partial charge in [0.2, 0.25) is 5.91 Å². The van der Waals surface area contributed by atoms with Gasteiger partial charge >= 0.3 is 0 Å². The van der Waals surface area contributed by atoms with Crippen LogP contribution in [-0.2, 0) is 14.8 Å². The fourth-order valence-corrected chi connectivity index (χ4v) is 2.64. The van der Waals surface area contributed by atoms with E-state index in [1.807, 2.05) is 0 Å². The quantitative estimate of drug-likeness (QED) is 0.671. The standard InChI is InChI=1S/C12H15N5O3S/c1-7-11(13)12(16-15-7)17-21(19,20)10-5-3-9(4-6-10)14-8(2)18/h3-6H,13H2,1-2H3,(H,14,18)(H2,15,16,17). The number of nitrogen functional groups attached to an aromatic ring is 1. The first kappa shape index (κ1) is 14.9. The van der Waals surface area contributed by atoms with E-state index in [2.05, 4.69) is 20.2 Å². The summed E-state index contributed by atoms with van der Waals surface area (Å²) >= 11 is 0. The maximum absolute atomic E-state index is 12.2. The minimum Gasteiger partial charge on any atom is -0.394 e. The van der Waals surface area contributed by atoms with Gasteiger partial charge in [-0.25, -0.2) is 8.42 Å². The van der Waals surface area contributed by atoms with Crippen LogP contribution in [-0.4, -0.2) is 24.5 Å². The summed E-state index contributed by atoms with van der Waals surface area (Å²) in [7, 11) is -3.79. The number of aryl methyl sites for hydroxylation is 1. The van der Waals surface area contributed by atoms with Gasteiger partial charge in [-0.1, -0.05) is 0 Å². The highest BCUT2D eigenvalue weighted by atomic mass is 32.2. The van der Waals surface area contributed by atoms with Crippen molar-refractivity contribution in [3.05, 3.63) is 30.0 Å². The van der Waals surface area contributed by atoms with Gasteiger partial charge in [0.25, 0.3) is 10.0 Å². The van der Waals surface area contributed by atoms with Crippen molar-refractivity contribution >= 4 is 33.1 Å². The number of nitrogens with zero attached hydrogens (tertiary/aromatic N) is 1. The molecule has 0 aliphatic rings. The second kappa shape index (κ2) is 5.44. The number of hydrogen-bond acceptors (Lipinski definition) is 5. The molecule has 0 saturated heterocycles. The molecule has 8 nitrogen and oxygen atoms in total. The second-order valence-electron chi connectivity index (χ2n) is 4.42. The fourth-order valence-electron chi connectivity index (χ4n) is 1.62. The zero-order valence-electron chi connectivity index (χ0n) is 11.5. The number of nitrogens with one attached hydrogen (secondary N) is 3. The Kier molecular flexibility index (Phi) is 3.85. The Morgan fingerprint density at radius 3 is 2.38 bits per heavy atom. The summed E-state index contributed by atoms with van der Waals surface area (Å²) in [4.78, 5) is 10.9. The number of rotatable bonds is 4. The zero-order valence-corrected chi connectivity index (χ0v) is 12.3. The van der Waals surface area contributed by atoms with Crippen LogP contribution in [0.3, 0.4) is 0 Å². The Morgan fingerprint density at radius 1 is 1.29 bits per heavy atom. The molecule has 21 heavy (non-hydrogen) atoms. The molecular weight excluding hydrogens is 294 g/mol. The number of sulfonamides is 1. The molecule has 2 rings (SSSR count). The van der Waals surface area contributed by atoms with Gasteiger partial charge in [0.1, 0.15) is 0 Å². The topological polar surface area (TPSA) is 130 Å². The minimum absolute atomic E-state index is 0.0386. The molecule has 1 aromatic carbocycles. The average molecular weight is 309 g/mol. The smallest absolute Gasteiger partial charge is 0.263 e. The molecule has 0 bridgehead atoms. The van der Waals surface area contributed by atoms with E-state index in [1.165, 1.54) is 31.2 Å². The van der Waals surface area contributed by atoms with Gasteiger partial charge in [0, 0.05) is 12.6 Å². The molecule has 2 aromatic rings. The second-order valence-corrected chi connectivity index (χ2v) is 6.10. The summed E-state index contributed by atoms with van der Waals surface area (Å²) in [5.74, 6) is -0.179. The van der Waals surface area contributed by atoms with E-state index in [0.29, 0.717) is 11.4 Å². The summed E-state index contributed by atoms with van der Waals surface area (Å²) in [6.07, 6.45) is 0. The summed E-state index contributed by atoms with van der Waals surface area (Å²) in [6, 6.07) is 5.75. The van der Waals surface area contributed by atoms with E-state index < -0.39 is 10.0 Å². The van der Waals surface area contributed by atoms with E-state index in [9.17, 15) is 13.2 Å². The number of amides is 1. The number of carbonyl (C=O) groups excluding carboxylic acids is 1. The first-order valence-corrected chi connectivity index (χ1v) is 7.49. The van der Waals surface area contributed by atoms with Gasteiger partial charge < -0.3 is 11.1 Å². The number of carbonyl (C=O) groups is 1. The molecule has 0 fully saturated rings. The lowest BCUT2D eigenvalue weighted by Gasteiger charge is -2.07. The third-order valence-electron chi connectivity index (χ3n) is 2.71. The highest BCUT2D eigenvalue weighted by molar-refractivity contribution is 7.92. The van der Waals surface area contributed by atoms with Crippen LogP contribution in [0.25, 0.3) is 0 Å². The highest BCUT2D eigenvalue weighted by Crippen LogP contribution is 2.22. The molecule has 0 atom stereocenters. The summed E-state index contributed by atoms with van der Waals surface area (Å²) in [6.45, 7) is 3.05. The van der Waals surface area contributed by atoms with Crippen LogP contribution in [0.1, 0.15) is 12.6 Å². The van der Waals surface area contributed by atoms with Crippen molar-refractivity contribution in [2.45, 2.75) is 18.7 Å². The van der Waals surface area contributed by atoms with E-state index in [-0.39, 0.29) is 22.3 Å². The van der Waals surface area contributed by atoms with Gasteiger partial charge in [-0.2, -0.15) is 5.10 Å². The fraction of sp³-hybridized carbons (Fsp3) is 0.167. The van der Waals surface area contributed by atoms with E-state index in [4.69, 9.17) is 5.73 Å². The van der Waals surface area contributed by atoms with Crippen molar-refractivity contribution in [1.29, 1.82) is 0 Å². The normalized spacial score (nSPS) is 11.1. The lowest BCUT2D eigenvalue weighted by Crippen LogP contribution is -2.14. The Morgan fingerprint density at radius 2 is 1.90 bits per heavy atom. The SMILES string of the molecule is CC(=O)Nc1ccc(S(=O)(=O)Nc2n[nH]c(C)c2N)cc1. The molecule has 5 N–H and O–H groups in total. The van der Waals surface area contributed by atoms with Gasteiger partial charge in [0.15, 0.2) is 5.82 Å². The highest BCUT2D eigenvalue weighted by Gasteiger charge is 2.18. The van der Waals surface area contributed by atoms with E-state index in [1.54, 1.807) is 6.92 Å². The summed E-state index contributed by atoms with van der Waals surface area (Å²) in [5.41, 5.74) is 7.03. The summed E-state index contributed by atoms with van der Waals surface area (Å²) < 4.78 is 26.7. The first-order valence-electron chi connectivity index (χ1n) is 6.00. The van der Waals surface area contributed by atoms with Gasteiger partial charge in [0.05, 0.1) is 16.3 Å². The van der Waals surface area contributed by atoms with Crippen LogP contribution < -0.4 is 15.8 Å². The minimum atomic E-state index is -3.79. The van der Waals surface area contributed by atoms with Crippen molar-refractivity contribution in [3.8, 4) is 0 Å². The lowest BCUT2D eigenvalue weighted by atomic mass is 10.3. The summed E-state index contributed by atoms with van der Waals surface area (Å²) in [5, 5.41) is 8.93. The lowest BCUT2D eigenvalue weighted by molar-refractivity contribution is -0.114. The number of aromatic nitrogens is 2. The molecular formula is C12H15N5O3S. The largest absolute Gasteiger partial charge is 0.394 e. The molecule has 0 radical (unpaired) electrons. The molecule has 0 unspecified atom stereocenters. The number of nitrogens with two attached hydrogens (primary N) is 1. The molecule has 0 saturated carbocycles. The number of anilines is 3. The molecule has 1 aromatic heterocycles. The van der Waals surface area contributed by atoms with Crippen LogP contribution in [0.15, 0.2) is 29.2 Å². The van der Waals surface area contributed by atoms with Gasteiger partial charge in [-0.3, -0.25) is 14.6 Å². The van der Waals surface area contributed by atoms with Crippen LogP contribution in [0.2, 0.25) is 0 Å². The molecule has 112 valence electrons. The van der Waals surface area contributed by atoms with E-state index >= 15 is 0 Å². The number of aromatic amines is 1. The maximum Gasteiger partial charge on any atom is 0.263 e. The maximum atomic E-state index is 12.2. The molecule has 0 aliphatic carbocycles. The van der Waals surface area contributed by atoms with Crippen LogP contribution in [0.5, 0.6) is 0 Å². The third-order valence-corrected chi connectivity index (χ3v) is 4.07. The average Bonchev–Trinajstić information content (AvgIpc) is 2.70. The Bertz CT molecular complexity index is 765. The number of hydrogen-bond donors (Lipinski definition) is 4. The van der Waals surface area contributed by atoms with Crippen LogP contribution in [0.4, 0.5) is 17.2 Å². The third kappa shape index (κ3) is 3.31. The molecule has 9 heteroatoms. The van der Waals surface area contributed by atoms with Crippen LogP contribution >= 0.6 is 0 Å². The predicted octanol–water partition coefficient (Wildman–Crippen LogP) is 1.06. The first-order chi connectivity index (χ1) is 9.79. The monoisotopic (exact) mass is 309 g/mol. The zero-order chi connectivity index (χ0) is 15.6. The van der Waals surface area contributed by atoms with Crippen molar-refractivity contribution < 1.29 is 13.2 Å². The Hall–Kier alpha value is -2.55.